The van der Waals surface area contributed by atoms with Crippen LogP contribution in [0.4, 0.5) is 4.79 Å². The molecule has 0 aromatic heterocycles. The van der Waals surface area contributed by atoms with Crippen LogP contribution >= 0.6 is 9.24 Å². The maximum atomic E-state index is 15.0. The molecule has 0 aliphatic carbocycles. The van der Waals surface area contributed by atoms with Crippen LogP contribution in [0.1, 0.15) is 91.3 Å². The molecule has 2 aromatic carbocycles. The summed E-state index contributed by atoms with van der Waals surface area (Å²) in [6.45, 7) is 8.58. The number of carbonyl (C=O) groups is 10. The van der Waals surface area contributed by atoms with Gasteiger partial charge in [-0.1, -0.05) is 118 Å². The predicted octanol–water partition coefficient (Wildman–Crippen LogP) is -3.80. The molecule has 1 unspecified atom stereocenters. The van der Waals surface area contributed by atoms with Crippen molar-refractivity contribution in [3.05, 3.63) is 71.8 Å². The number of primary amides is 1. The molecular weight excluding hydrogens is 1120 g/mol. The maximum Gasteiger partial charge on any atom is 0.408 e. The third-order valence-corrected chi connectivity index (χ3v) is 13.9. The minimum Gasteiger partial charge on any atom is -0.445 e. The Hall–Kier alpha value is -7.85. The Labute approximate surface area is 489 Å². The molecule has 1 aliphatic heterocycles. The fourth-order valence-corrected chi connectivity index (χ4v) is 8.88. The van der Waals surface area contributed by atoms with Gasteiger partial charge in [0.05, 0.1) is 36.9 Å². The molecule has 0 saturated carbocycles. The van der Waals surface area contributed by atoms with Crippen LogP contribution < -0.4 is 65.1 Å². The van der Waals surface area contributed by atoms with E-state index >= 15 is 4.79 Å². The number of nitrogens with zero attached hydrogens (tertiary/aromatic N) is 2. The van der Waals surface area contributed by atoms with Crippen LogP contribution in [0.25, 0.3) is 0 Å². The van der Waals surface area contributed by atoms with Crippen molar-refractivity contribution in [2.24, 2.45) is 44.9 Å². The van der Waals surface area contributed by atoms with Crippen LogP contribution in [0.2, 0.25) is 0 Å². The molecule has 1 heterocycles. The number of nitrogens with one attached hydrogen (secondary N) is 9. The summed E-state index contributed by atoms with van der Waals surface area (Å²) in [5.74, 6) is -12.0. The molecule has 0 spiro atoms. The van der Waals surface area contributed by atoms with E-state index in [9.17, 15) is 63.6 Å². The van der Waals surface area contributed by atoms with Gasteiger partial charge in [-0.3, -0.25) is 53.1 Å². The van der Waals surface area contributed by atoms with Crippen molar-refractivity contribution in [1.29, 1.82) is 0 Å². The number of guanidine groups is 1. The van der Waals surface area contributed by atoms with E-state index in [1.807, 2.05) is 9.24 Å². The topological polar surface area (TPSA) is 472 Å². The molecule has 0 fully saturated rings. The number of ether oxygens (including phenoxy) is 1. The van der Waals surface area contributed by atoms with Gasteiger partial charge in [0, 0.05) is 6.54 Å². The van der Waals surface area contributed by atoms with Crippen LogP contribution in [-0.2, 0) is 54.5 Å². The Bertz CT molecular complexity index is 2630. The van der Waals surface area contributed by atoms with Gasteiger partial charge in [0.25, 0.3) is 0 Å². The number of benzene rings is 2. The van der Waals surface area contributed by atoms with Gasteiger partial charge in [-0.05, 0) is 55.1 Å². The van der Waals surface area contributed by atoms with Crippen molar-refractivity contribution in [3.8, 4) is 0 Å². The molecule has 1 aliphatic rings. The summed E-state index contributed by atoms with van der Waals surface area (Å²) in [6.07, 6.45) is -6.73. The van der Waals surface area contributed by atoms with Crippen LogP contribution in [-0.4, -0.2) is 177 Å². The molecular formula is C54H83N14O15P. The van der Waals surface area contributed by atoms with Gasteiger partial charge >= 0.3 is 6.09 Å². The van der Waals surface area contributed by atoms with Crippen molar-refractivity contribution in [1.82, 2.24) is 47.9 Å². The number of nitrogens with two attached hydrogens (primary N) is 3. The summed E-state index contributed by atoms with van der Waals surface area (Å²) in [6, 6.07) is 0.445. The van der Waals surface area contributed by atoms with Crippen molar-refractivity contribution in [2.45, 2.75) is 153 Å². The lowest BCUT2D eigenvalue weighted by molar-refractivity contribution is -0.138. The molecule has 464 valence electrons. The predicted molar refractivity (Wildman–Crippen MR) is 310 cm³/mol. The first-order valence-corrected chi connectivity index (χ1v) is 27.9. The minimum atomic E-state index is -2.27. The highest BCUT2D eigenvalue weighted by Crippen LogP contribution is 2.21. The molecule has 10 amide bonds. The summed E-state index contributed by atoms with van der Waals surface area (Å²) in [4.78, 5) is 149. The lowest BCUT2D eigenvalue weighted by atomic mass is 9.95. The average Bonchev–Trinajstić information content (AvgIpc) is 3.52. The summed E-state index contributed by atoms with van der Waals surface area (Å²) in [7, 11) is 2.00. The normalized spacial score (nSPS) is 24.7. The zero-order valence-corrected chi connectivity index (χ0v) is 49.2. The molecule has 0 saturated heterocycles. The number of hydrogen-bond donors (Lipinski definition) is 16. The van der Waals surface area contributed by atoms with Gasteiger partial charge in [0.2, 0.25) is 53.2 Å². The van der Waals surface area contributed by atoms with E-state index in [4.69, 9.17) is 21.9 Å². The fraction of sp³-hybridized carbons (Fsp3) is 0.556. The van der Waals surface area contributed by atoms with Crippen molar-refractivity contribution >= 4 is 79.9 Å². The third-order valence-electron chi connectivity index (χ3n) is 13.4. The first-order chi connectivity index (χ1) is 39.6. The highest BCUT2D eigenvalue weighted by molar-refractivity contribution is 7.41. The van der Waals surface area contributed by atoms with E-state index in [1.54, 1.807) is 64.1 Å². The monoisotopic (exact) mass is 1200 g/mol. The van der Waals surface area contributed by atoms with Crippen LogP contribution in [0.5, 0.6) is 0 Å². The smallest absolute Gasteiger partial charge is 0.408 e. The molecule has 0 bridgehead atoms. The van der Waals surface area contributed by atoms with Gasteiger partial charge in [-0.2, -0.15) is 0 Å². The van der Waals surface area contributed by atoms with Gasteiger partial charge in [-0.15, -0.1) is 0 Å². The summed E-state index contributed by atoms with van der Waals surface area (Å²) < 4.78 is 5.49. The molecule has 84 heavy (non-hydrogen) atoms. The standard InChI is InChI=1S/C54H83N14O15P/c1-8-28(6)36-49(79)65-37(29(7)70)48(78)59-23-35(71)63-41(43(73)44(55)74)52(84)62-34(24-69)47(77)66-38(31-18-13-10-14-19-31)39(68-54(82)83-25-30-16-11-9-12-17-30)50(80)67-40(42(72)27(4)5)51(81)61-33(22-26(2)3)46(76)60-32(45(75)64-36)20-15-21-58-53(56)57/h9-14,16-19,26-29,32-34,36-43,69-70,72-73H,8,15,20-25,84H2,1-7H3,(H2,55,74)(H,59,78)(H,60,76)(H,61,81)(H,63,71)(H,64,75)(H,65,79)(H,66,77)(H,67,80)(H,68,82)(H4,56,57,58)/t28-,29-,32+,33-,34-,36-,37-,38+,39-,40-,41-,42+,43-/m0/s1. The Morgan fingerprint density at radius 1 is 0.714 bits per heavy atom. The molecule has 30 heteroatoms. The number of alkyl carbamates (subject to hydrolysis) is 1. The van der Waals surface area contributed by atoms with Crippen LogP contribution in [0, 0.1) is 17.8 Å². The molecule has 0 radical (unpaired) electrons. The summed E-state index contributed by atoms with van der Waals surface area (Å²) >= 11 is 0. The van der Waals surface area contributed by atoms with Crippen molar-refractivity contribution in [3.63, 3.8) is 0 Å². The number of amides is 10. The number of rotatable bonds is 18. The molecule has 19 N–H and O–H groups in total. The Morgan fingerprint density at radius 3 is 1.85 bits per heavy atom. The Kier molecular flexibility index (Phi) is 29.1. The third kappa shape index (κ3) is 22.4. The largest absolute Gasteiger partial charge is 0.445 e. The van der Waals surface area contributed by atoms with E-state index in [2.05, 4.69) is 57.8 Å². The zero-order valence-electron chi connectivity index (χ0n) is 48.1. The van der Waals surface area contributed by atoms with Gasteiger partial charge in [0.15, 0.2) is 18.1 Å². The van der Waals surface area contributed by atoms with E-state index in [-0.39, 0.29) is 56.3 Å². The lowest BCUT2D eigenvalue weighted by Gasteiger charge is -2.33. The maximum absolute atomic E-state index is 15.0. The molecule has 3 rings (SSSR count). The second-order valence-corrected chi connectivity index (χ2v) is 21.6. The second kappa shape index (κ2) is 34.7. The number of hydrogen-bond acceptors (Lipinski definition) is 17. The highest BCUT2D eigenvalue weighted by Gasteiger charge is 2.41. The Morgan fingerprint density at radius 2 is 1.29 bits per heavy atom. The van der Waals surface area contributed by atoms with E-state index < -0.39 is 162 Å². The second-order valence-electron chi connectivity index (χ2n) is 21.0. The van der Waals surface area contributed by atoms with Crippen LogP contribution in [0.3, 0.4) is 0 Å². The van der Waals surface area contributed by atoms with E-state index in [0.29, 0.717) is 5.56 Å². The molecule has 14 atom stereocenters. The average molecular weight is 1200 g/mol. The van der Waals surface area contributed by atoms with Gasteiger partial charge < -0.3 is 90.2 Å². The summed E-state index contributed by atoms with van der Waals surface area (Å²) in [5.41, 5.74) is 16.7. The first-order valence-electron chi connectivity index (χ1n) is 27.3. The number of aliphatic hydroxyl groups excluding tert-OH is 4. The zero-order chi connectivity index (χ0) is 63.0. The van der Waals surface area contributed by atoms with Crippen molar-refractivity contribution < 1.29 is 73.1 Å². The first kappa shape index (κ1) is 70.4. The fourth-order valence-electron chi connectivity index (χ4n) is 8.43. The van der Waals surface area contributed by atoms with Crippen LogP contribution in [0.15, 0.2) is 70.6 Å². The highest BCUT2D eigenvalue weighted by atomic mass is 31.0. The molecule has 29 nitrogen and oxygen atoms in total. The minimum absolute atomic E-state index is 0.0168. The van der Waals surface area contributed by atoms with Gasteiger partial charge in [-0.25, -0.2) is 4.79 Å². The van der Waals surface area contributed by atoms with E-state index in [1.165, 1.54) is 38.1 Å². The van der Waals surface area contributed by atoms with Gasteiger partial charge in [0.1, 0.15) is 48.9 Å². The lowest BCUT2D eigenvalue weighted by Crippen LogP contribution is -2.63. The van der Waals surface area contributed by atoms with Crippen molar-refractivity contribution in [2.75, 3.05) is 19.7 Å². The summed E-state index contributed by atoms with van der Waals surface area (Å²) in [5, 5.41) is 66.4. The quantitative estimate of drug-likeness (QED) is 0.0295. The number of aliphatic imine (C=N–C) groups is 2. The molecule has 2 aromatic rings. The Balaban J connectivity index is 2.36. The number of aliphatic hydroxyl groups is 4. The SMILES string of the molecule is CC[C@H](C)[C@@H]1NC(=O)[C@@H](CCCN=C(N)N)NC(=O)[C@H](CC(C)C)NC(=O)[C@H]([C@H](O)C(C)C)NC(=O)[C@@H](NC(=O)OCc2ccccc2)[C@@H](c2ccccc2)NC(=O)[C@H](CO)N=C(P)[C@H]([C@H](O)C(N)=O)NC(=O)CNC(=O)[C@H]([C@H](C)O)NC1=O. The number of carbonyl (C=O) groups excluding carboxylic acids is 10. The van der Waals surface area contributed by atoms with E-state index in [0.717, 1.165) is 6.92 Å².